The summed E-state index contributed by atoms with van der Waals surface area (Å²) in [6, 6.07) is 4.69. The van der Waals surface area contributed by atoms with Gasteiger partial charge in [-0.25, -0.2) is 4.39 Å². The number of benzene rings is 1. The van der Waals surface area contributed by atoms with E-state index in [-0.39, 0.29) is 37.2 Å². The number of nitrogens with zero attached hydrogens (tertiary/aromatic N) is 3. The maximum atomic E-state index is 13.3. The lowest BCUT2D eigenvalue weighted by Gasteiger charge is -2.20. The topological polar surface area (TPSA) is 50.3 Å². The summed E-state index contributed by atoms with van der Waals surface area (Å²) in [4.78, 5) is 10.9. The highest BCUT2D eigenvalue weighted by Crippen LogP contribution is 2.17. The first kappa shape index (κ1) is 21.4. The average Bonchev–Trinajstić information content (AvgIpc) is 2.85. The standard InChI is InChI=1S/C17H21FN4O.2ClH/c1-13-3-4-15(18)9-14(13)12-23-17-11-20-10-16(21-17)22-7-2-5-19-6-8-22;;/h3-4,9-11,19H,2,5-8,12H2,1H3;2*1H. The summed E-state index contributed by atoms with van der Waals surface area (Å²) < 4.78 is 19.0. The van der Waals surface area contributed by atoms with Crippen LogP contribution in [0.3, 0.4) is 0 Å². The van der Waals surface area contributed by atoms with Crippen molar-refractivity contribution in [1.29, 1.82) is 0 Å². The van der Waals surface area contributed by atoms with Gasteiger partial charge in [0.15, 0.2) is 5.82 Å². The molecule has 2 heterocycles. The van der Waals surface area contributed by atoms with Gasteiger partial charge in [0.25, 0.3) is 0 Å². The van der Waals surface area contributed by atoms with Crippen LogP contribution in [0.5, 0.6) is 5.88 Å². The lowest BCUT2D eigenvalue weighted by atomic mass is 10.1. The van der Waals surface area contributed by atoms with Gasteiger partial charge in [-0.05, 0) is 43.1 Å². The molecule has 1 saturated heterocycles. The number of halogens is 3. The van der Waals surface area contributed by atoms with Crippen molar-refractivity contribution in [3.63, 3.8) is 0 Å². The maximum absolute atomic E-state index is 13.3. The molecule has 8 heteroatoms. The molecule has 1 aromatic heterocycles. The summed E-state index contributed by atoms with van der Waals surface area (Å²) in [5.41, 5.74) is 1.81. The molecule has 0 saturated carbocycles. The van der Waals surface area contributed by atoms with Crippen molar-refractivity contribution in [1.82, 2.24) is 15.3 Å². The van der Waals surface area contributed by atoms with E-state index in [9.17, 15) is 4.39 Å². The van der Waals surface area contributed by atoms with Gasteiger partial charge in [-0.2, -0.15) is 4.98 Å². The van der Waals surface area contributed by atoms with E-state index in [0.29, 0.717) is 5.88 Å². The summed E-state index contributed by atoms with van der Waals surface area (Å²) in [7, 11) is 0. The van der Waals surface area contributed by atoms with Gasteiger partial charge in [-0.1, -0.05) is 6.07 Å². The van der Waals surface area contributed by atoms with Gasteiger partial charge in [0.05, 0.1) is 12.4 Å². The summed E-state index contributed by atoms with van der Waals surface area (Å²) in [6.07, 6.45) is 4.43. The Kier molecular flexibility index (Phi) is 8.89. The number of aromatic nitrogens is 2. The van der Waals surface area contributed by atoms with Gasteiger partial charge in [0.1, 0.15) is 12.4 Å². The monoisotopic (exact) mass is 388 g/mol. The first-order valence-electron chi connectivity index (χ1n) is 7.88. The van der Waals surface area contributed by atoms with E-state index in [4.69, 9.17) is 4.74 Å². The van der Waals surface area contributed by atoms with E-state index in [2.05, 4.69) is 20.2 Å². The van der Waals surface area contributed by atoms with Crippen LogP contribution < -0.4 is 15.0 Å². The second-order valence-corrected chi connectivity index (χ2v) is 5.67. The Morgan fingerprint density at radius 1 is 1.20 bits per heavy atom. The van der Waals surface area contributed by atoms with Crippen molar-refractivity contribution in [2.75, 3.05) is 31.1 Å². The highest BCUT2D eigenvalue weighted by atomic mass is 35.5. The van der Waals surface area contributed by atoms with Crippen LogP contribution in [0.4, 0.5) is 10.2 Å². The number of ether oxygens (including phenoxy) is 1. The Morgan fingerprint density at radius 3 is 2.88 bits per heavy atom. The first-order valence-corrected chi connectivity index (χ1v) is 7.88. The fourth-order valence-corrected chi connectivity index (χ4v) is 2.58. The van der Waals surface area contributed by atoms with Crippen molar-refractivity contribution < 1.29 is 9.13 Å². The lowest BCUT2D eigenvalue weighted by molar-refractivity contribution is 0.291. The predicted octanol–water partition coefficient (Wildman–Crippen LogP) is 3.15. The lowest BCUT2D eigenvalue weighted by Crippen LogP contribution is -2.28. The van der Waals surface area contributed by atoms with Crippen molar-refractivity contribution in [2.45, 2.75) is 20.0 Å². The van der Waals surface area contributed by atoms with Crippen molar-refractivity contribution in [3.05, 3.63) is 47.5 Å². The van der Waals surface area contributed by atoms with Crippen molar-refractivity contribution >= 4 is 30.6 Å². The molecule has 2 aromatic rings. The Labute approximate surface area is 159 Å². The van der Waals surface area contributed by atoms with Gasteiger partial charge in [0, 0.05) is 19.6 Å². The van der Waals surface area contributed by atoms with Gasteiger partial charge in [0.2, 0.25) is 5.88 Å². The van der Waals surface area contributed by atoms with Crippen molar-refractivity contribution in [2.24, 2.45) is 0 Å². The van der Waals surface area contributed by atoms with Gasteiger partial charge in [-0.15, -0.1) is 24.8 Å². The number of rotatable bonds is 4. The molecule has 0 unspecified atom stereocenters. The number of hydrogen-bond acceptors (Lipinski definition) is 5. The fraction of sp³-hybridized carbons (Fsp3) is 0.412. The highest BCUT2D eigenvalue weighted by molar-refractivity contribution is 5.85. The first-order chi connectivity index (χ1) is 11.2. The van der Waals surface area contributed by atoms with Crippen LogP contribution in [-0.4, -0.2) is 36.1 Å². The molecule has 0 spiro atoms. The maximum Gasteiger partial charge on any atom is 0.234 e. The number of anilines is 1. The Morgan fingerprint density at radius 2 is 2.04 bits per heavy atom. The van der Waals surface area contributed by atoms with Crippen LogP contribution in [0.15, 0.2) is 30.6 Å². The molecule has 1 aliphatic rings. The van der Waals surface area contributed by atoms with Gasteiger partial charge in [-0.3, -0.25) is 4.98 Å². The minimum absolute atomic E-state index is 0. The Hall–Kier alpha value is -1.63. The molecule has 0 amide bonds. The molecule has 1 aliphatic heterocycles. The quantitative estimate of drug-likeness (QED) is 0.871. The second-order valence-electron chi connectivity index (χ2n) is 5.67. The number of nitrogens with one attached hydrogen (secondary N) is 1. The number of aryl methyl sites for hydroxylation is 1. The number of hydrogen-bond donors (Lipinski definition) is 1. The minimum Gasteiger partial charge on any atom is -0.472 e. The van der Waals surface area contributed by atoms with E-state index in [0.717, 1.165) is 49.5 Å². The van der Waals surface area contributed by atoms with Crippen LogP contribution in [0.25, 0.3) is 0 Å². The highest BCUT2D eigenvalue weighted by Gasteiger charge is 2.12. The van der Waals surface area contributed by atoms with E-state index in [1.807, 2.05) is 6.92 Å². The third-order valence-corrected chi connectivity index (χ3v) is 3.95. The van der Waals surface area contributed by atoms with E-state index >= 15 is 0 Å². The van der Waals surface area contributed by atoms with Gasteiger partial charge >= 0.3 is 0 Å². The molecular weight excluding hydrogens is 366 g/mol. The van der Waals surface area contributed by atoms with Crippen molar-refractivity contribution in [3.8, 4) is 5.88 Å². The van der Waals surface area contributed by atoms with Gasteiger partial charge < -0.3 is 15.0 Å². The largest absolute Gasteiger partial charge is 0.472 e. The zero-order chi connectivity index (χ0) is 16.1. The summed E-state index contributed by atoms with van der Waals surface area (Å²) in [5.74, 6) is 1.02. The van der Waals surface area contributed by atoms with Crippen LogP contribution >= 0.6 is 24.8 Å². The Bertz CT molecular complexity index is 667. The molecule has 1 aromatic carbocycles. The smallest absolute Gasteiger partial charge is 0.234 e. The zero-order valence-electron chi connectivity index (χ0n) is 14.1. The Balaban J connectivity index is 0.00000156. The summed E-state index contributed by atoms with van der Waals surface area (Å²) >= 11 is 0. The fourth-order valence-electron chi connectivity index (χ4n) is 2.58. The molecule has 1 N–H and O–H groups in total. The molecule has 138 valence electrons. The predicted molar refractivity (Wildman–Crippen MR) is 102 cm³/mol. The molecule has 3 rings (SSSR count). The normalized spacial score (nSPS) is 14.1. The summed E-state index contributed by atoms with van der Waals surface area (Å²) in [6.45, 7) is 6.04. The summed E-state index contributed by atoms with van der Waals surface area (Å²) in [5, 5.41) is 3.36. The molecular formula is C17H23Cl2FN4O. The van der Waals surface area contributed by atoms with Crippen LogP contribution in [0.2, 0.25) is 0 Å². The van der Waals surface area contributed by atoms with E-state index < -0.39 is 0 Å². The van der Waals surface area contributed by atoms with Crippen LogP contribution in [0, 0.1) is 12.7 Å². The molecule has 0 radical (unpaired) electrons. The molecule has 0 aliphatic carbocycles. The molecule has 1 fully saturated rings. The average molecular weight is 389 g/mol. The van der Waals surface area contributed by atoms with Crippen LogP contribution in [0.1, 0.15) is 17.5 Å². The van der Waals surface area contributed by atoms with E-state index in [1.165, 1.54) is 12.1 Å². The second kappa shape index (κ2) is 10.4. The zero-order valence-corrected chi connectivity index (χ0v) is 15.7. The molecule has 5 nitrogen and oxygen atoms in total. The molecule has 0 atom stereocenters. The third kappa shape index (κ3) is 5.99. The van der Waals surface area contributed by atoms with Crippen LogP contribution in [-0.2, 0) is 6.61 Å². The third-order valence-electron chi connectivity index (χ3n) is 3.95. The SMILES string of the molecule is Cc1ccc(F)cc1COc1cncc(N2CCCNCC2)n1.Cl.Cl. The minimum atomic E-state index is -0.258. The molecule has 25 heavy (non-hydrogen) atoms. The molecule has 0 bridgehead atoms. The van der Waals surface area contributed by atoms with E-state index in [1.54, 1.807) is 18.5 Å².